The molecule has 134 valence electrons. The molecule has 2 aromatic rings. The number of pyridine rings is 1. The molecule has 3 rings (SSSR count). The van der Waals surface area contributed by atoms with Crippen molar-refractivity contribution in [3.05, 3.63) is 42.0 Å². The number of aromatic nitrogens is 3. The Kier molecular flexibility index (Phi) is 5.65. The van der Waals surface area contributed by atoms with Gasteiger partial charge in [0.05, 0.1) is 17.4 Å². The Balaban J connectivity index is 1.63. The fourth-order valence-electron chi connectivity index (χ4n) is 3.32. The van der Waals surface area contributed by atoms with Gasteiger partial charge in [-0.05, 0) is 18.9 Å². The molecule has 25 heavy (non-hydrogen) atoms. The Labute approximate surface area is 148 Å². The van der Waals surface area contributed by atoms with Crippen molar-refractivity contribution in [2.75, 3.05) is 31.1 Å². The minimum Gasteiger partial charge on any atom is -0.369 e. The first-order valence-electron chi connectivity index (χ1n) is 8.90. The van der Waals surface area contributed by atoms with E-state index in [-0.39, 0.29) is 0 Å². The number of rotatable bonds is 6. The minimum atomic E-state index is -0.424. The molecule has 2 aromatic heterocycles. The van der Waals surface area contributed by atoms with Gasteiger partial charge in [-0.15, -0.1) is 0 Å². The number of nitrogens with zero attached hydrogens (tertiary/aromatic N) is 5. The van der Waals surface area contributed by atoms with Crippen LogP contribution in [-0.4, -0.2) is 51.8 Å². The number of carbonyl (C=O) groups is 1. The summed E-state index contributed by atoms with van der Waals surface area (Å²) in [6.45, 7) is 7.79. The van der Waals surface area contributed by atoms with Crippen molar-refractivity contribution in [1.29, 1.82) is 0 Å². The van der Waals surface area contributed by atoms with Crippen LogP contribution in [0.3, 0.4) is 0 Å². The summed E-state index contributed by atoms with van der Waals surface area (Å²) < 4.78 is 2.01. The van der Waals surface area contributed by atoms with E-state index in [9.17, 15) is 4.79 Å². The summed E-state index contributed by atoms with van der Waals surface area (Å²) >= 11 is 0. The Morgan fingerprint density at radius 2 is 2.12 bits per heavy atom. The lowest BCUT2D eigenvalue weighted by atomic mass is 10.2. The van der Waals surface area contributed by atoms with E-state index in [0.717, 1.165) is 57.8 Å². The summed E-state index contributed by atoms with van der Waals surface area (Å²) in [6.07, 6.45) is 9.51. The predicted octanol–water partition coefficient (Wildman–Crippen LogP) is 1.50. The van der Waals surface area contributed by atoms with Crippen molar-refractivity contribution in [2.45, 2.75) is 32.9 Å². The first kappa shape index (κ1) is 17.4. The van der Waals surface area contributed by atoms with E-state index >= 15 is 0 Å². The lowest BCUT2D eigenvalue weighted by Gasteiger charge is -2.24. The van der Waals surface area contributed by atoms with Crippen molar-refractivity contribution in [1.82, 2.24) is 19.7 Å². The molecule has 0 spiro atoms. The molecule has 0 atom stereocenters. The molecule has 1 amide bonds. The van der Waals surface area contributed by atoms with Gasteiger partial charge < -0.3 is 10.6 Å². The van der Waals surface area contributed by atoms with E-state index in [1.54, 1.807) is 12.4 Å². The largest absolute Gasteiger partial charge is 0.369 e. The van der Waals surface area contributed by atoms with E-state index in [1.165, 1.54) is 5.56 Å². The highest BCUT2D eigenvalue weighted by atomic mass is 16.1. The fraction of sp³-hybridized carbons (Fsp3) is 0.500. The Hall–Kier alpha value is -2.41. The third-order valence-corrected chi connectivity index (χ3v) is 4.54. The van der Waals surface area contributed by atoms with Crippen molar-refractivity contribution in [2.24, 2.45) is 5.73 Å². The maximum atomic E-state index is 11.6. The summed E-state index contributed by atoms with van der Waals surface area (Å²) in [5.74, 6) is -0.424. The summed E-state index contributed by atoms with van der Waals surface area (Å²) in [5.41, 5.74) is 8.13. The van der Waals surface area contributed by atoms with Crippen LogP contribution in [0.5, 0.6) is 0 Å². The summed E-state index contributed by atoms with van der Waals surface area (Å²) in [7, 11) is 0. The second kappa shape index (κ2) is 8.11. The third-order valence-electron chi connectivity index (χ3n) is 4.54. The van der Waals surface area contributed by atoms with Gasteiger partial charge in [-0.1, -0.05) is 6.92 Å². The molecule has 1 aliphatic rings. The van der Waals surface area contributed by atoms with Crippen LogP contribution in [0, 0.1) is 0 Å². The normalized spacial score (nSPS) is 16.0. The Bertz CT molecular complexity index is 713. The zero-order valence-electron chi connectivity index (χ0n) is 14.8. The minimum absolute atomic E-state index is 0.424. The molecule has 1 fully saturated rings. The maximum Gasteiger partial charge on any atom is 0.252 e. The van der Waals surface area contributed by atoms with Crippen LogP contribution in [0.1, 0.15) is 35.7 Å². The molecule has 0 radical (unpaired) electrons. The van der Waals surface area contributed by atoms with E-state index < -0.39 is 5.91 Å². The van der Waals surface area contributed by atoms with Gasteiger partial charge in [-0.2, -0.15) is 5.10 Å². The molecule has 1 saturated heterocycles. The predicted molar refractivity (Wildman–Crippen MR) is 97.4 cm³/mol. The number of aryl methyl sites for hydroxylation is 1. The summed E-state index contributed by atoms with van der Waals surface area (Å²) in [4.78, 5) is 20.4. The molecule has 7 nitrogen and oxygen atoms in total. The third kappa shape index (κ3) is 4.36. The number of carbonyl (C=O) groups excluding carboxylic acids is 1. The fourth-order valence-corrected chi connectivity index (χ4v) is 3.32. The molecule has 7 heteroatoms. The lowest BCUT2D eigenvalue weighted by molar-refractivity contribution is 0.100. The van der Waals surface area contributed by atoms with Crippen molar-refractivity contribution < 1.29 is 4.79 Å². The number of anilines is 1. The Morgan fingerprint density at radius 3 is 2.92 bits per heavy atom. The van der Waals surface area contributed by atoms with Crippen LogP contribution in [0.25, 0.3) is 0 Å². The SMILES string of the molecule is CCCn1cc(CN2CCCN(c3ccncc3C(N)=O)CC2)cn1. The van der Waals surface area contributed by atoms with Gasteiger partial charge >= 0.3 is 0 Å². The second-order valence-corrected chi connectivity index (χ2v) is 6.49. The number of amides is 1. The summed E-state index contributed by atoms with van der Waals surface area (Å²) in [6, 6.07) is 1.88. The zero-order valence-corrected chi connectivity index (χ0v) is 14.8. The molecular formula is C18H26N6O. The van der Waals surface area contributed by atoms with E-state index in [4.69, 9.17) is 5.73 Å². The van der Waals surface area contributed by atoms with Crippen LogP contribution < -0.4 is 10.6 Å². The standard InChI is InChI=1S/C18H26N6O/c1-2-6-24-14-15(11-21-24)13-22-7-3-8-23(10-9-22)17-4-5-20-12-16(17)18(19)25/h4-5,11-12,14H,2-3,6-10,13H2,1H3,(H2,19,25). The molecule has 0 saturated carbocycles. The van der Waals surface area contributed by atoms with Gasteiger partial charge in [0.15, 0.2) is 0 Å². The van der Waals surface area contributed by atoms with Crippen molar-refractivity contribution in [3.63, 3.8) is 0 Å². The first-order chi connectivity index (χ1) is 12.2. The molecule has 0 aromatic carbocycles. The van der Waals surface area contributed by atoms with E-state index in [0.29, 0.717) is 5.56 Å². The van der Waals surface area contributed by atoms with Gasteiger partial charge in [-0.3, -0.25) is 19.4 Å². The van der Waals surface area contributed by atoms with Crippen molar-refractivity contribution in [3.8, 4) is 0 Å². The molecule has 1 aliphatic heterocycles. The van der Waals surface area contributed by atoms with Crippen molar-refractivity contribution >= 4 is 11.6 Å². The maximum absolute atomic E-state index is 11.6. The zero-order chi connectivity index (χ0) is 17.6. The van der Waals surface area contributed by atoms with Gasteiger partial charge in [0.2, 0.25) is 0 Å². The number of primary amides is 1. The molecule has 0 aliphatic carbocycles. The smallest absolute Gasteiger partial charge is 0.252 e. The molecule has 2 N–H and O–H groups in total. The van der Waals surface area contributed by atoms with Gasteiger partial charge in [0.1, 0.15) is 0 Å². The number of nitrogens with two attached hydrogens (primary N) is 1. The topological polar surface area (TPSA) is 80.3 Å². The van der Waals surface area contributed by atoms with Crippen LogP contribution in [-0.2, 0) is 13.1 Å². The highest BCUT2D eigenvalue weighted by Crippen LogP contribution is 2.21. The van der Waals surface area contributed by atoms with Crippen LogP contribution >= 0.6 is 0 Å². The molecule has 3 heterocycles. The second-order valence-electron chi connectivity index (χ2n) is 6.49. The first-order valence-corrected chi connectivity index (χ1v) is 8.90. The number of hydrogen-bond acceptors (Lipinski definition) is 5. The van der Waals surface area contributed by atoms with E-state index in [1.807, 2.05) is 16.9 Å². The number of hydrogen-bond donors (Lipinski definition) is 1. The van der Waals surface area contributed by atoms with Gasteiger partial charge in [0, 0.05) is 63.4 Å². The monoisotopic (exact) mass is 342 g/mol. The highest BCUT2D eigenvalue weighted by Gasteiger charge is 2.19. The average Bonchev–Trinajstić information content (AvgIpc) is 2.91. The van der Waals surface area contributed by atoms with Crippen LogP contribution in [0.2, 0.25) is 0 Å². The van der Waals surface area contributed by atoms with Gasteiger partial charge in [0.25, 0.3) is 5.91 Å². The van der Waals surface area contributed by atoms with Gasteiger partial charge in [-0.25, -0.2) is 0 Å². The molecule has 0 bridgehead atoms. The summed E-state index contributed by atoms with van der Waals surface area (Å²) in [5, 5.41) is 4.41. The molecule has 0 unspecified atom stereocenters. The van der Waals surface area contributed by atoms with Crippen LogP contribution in [0.15, 0.2) is 30.9 Å². The Morgan fingerprint density at radius 1 is 1.24 bits per heavy atom. The lowest BCUT2D eigenvalue weighted by Crippen LogP contribution is -2.31. The quantitative estimate of drug-likeness (QED) is 0.860. The highest BCUT2D eigenvalue weighted by molar-refractivity contribution is 5.98. The molecular weight excluding hydrogens is 316 g/mol. The average molecular weight is 342 g/mol. The van der Waals surface area contributed by atoms with Crippen LogP contribution in [0.4, 0.5) is 5.69 Å². The van der Waals surface area contributed by atoms with E-state index in [2.05, 4.69) is 33.0 Å².